The van der Waals surface area contributed by atoms with Crippen molar-refractivity contribution in [3.8, 4) is 0 Å². The zero-order valence-corrected chi connectivity index (χ0v) is 21.4. The van der Waals surface area contributed by atoms with E-state index in [-0.39, 0.29) is 11.9 Å². The lowest BCUT2D eigenvalue weighted by molar-refractivity contribution is -0.132. The summed E-state index contributed by atoms with van der Waals surface area (Å²) in [6.45, 7) is 5.22. The molecule has 1 amide bonds. The number of anilines is 2. The van der Waals surface area contributed by atoms with Crippen molar-refractivity contribution in [1.82, 2.24) is 29.7 Å². The molecule has 0 unspecified atom stereocenters. The molecule has 1 fully saturated rings. The molecule has 1 aromatic carbocycles. The number of nitrogens with one attached hydrogen (secondary N) is 1. The molecule has 9 nitrogen and oxygen atoms in total. The summed E-state index contributed by atoms with van der Waals surface area (Å²) < 4.78 is 0. The summed E-state index contributed by atoms with van der Waals surface area (Å²) in [5, 5.41) is 6.07. The van der Waals surface area contributed by atoms with Crippen molar-refractivity contribution < 1.29 is 4.79 Å². The van der Waals surface area contributed by atoms with Gasteiger partial charge in [0.05, 0.1) is 34.8 Å². The highest BCUT2D eigenvalue weighted by molar-refractivity contribution is 6.35. The van der Waals surface area contributed by atoms with E-state index in [1.54, 1.807) is 18.7 Å². The van der Waals surface area contributed by atoms with E-state index < -0.39 is 0 Å². The standard InChI is InChI=1S/C26H29ClN8O/c1-17(31-25-19-7-8-28-14-22(19)29-16-30-25)20-13-18-5-4-6-21(27)24(18)32-26(20)35-11-9-34(10-12-35)23(36)15-33(2)3/h4-8,13-14,16-17H,9-12,15H2,1-3H3,(H,29,30,31)/t17-/m0/s1. The highest BCUT2D eigenvalue weighted by Crippen LogP contribution is 2.34. The predicted octanol–water partition coefficient (Wildman–Crippen LogP) is 3.61. The number of halogens is 1. The van der Waals surface area contributed by atoms with Crippen molar-refractivity contribution in [2.75, 3.05) is 57.0 Å². The zero-order valence-electron chi connectivity index (χ0n) is 20.6. The minimum absolute atomic E-state index is 0.101. The van der Waals surface area contributed by atoms with Crippen LogP contribution in [-0.4, -0.2) is 82.5 Å². The Balaban J connectivity index is 1.47. The van der Waals surface area contributed by atoms with Gasteiger partial charge in [0, 0.05) is 48.7 Å². The minimum atomic E-state index is -0.101. The van der Waals surface area contributed by atoms with Crippen LogP contribution in [0.25, 0.3) is 21.8 Å². The summed E-state index contributed by atoms with van der Waals surface area (Å²) >= 11 is 6.53. The second-order valence-corrected chi connectivity index (χ2v) is 9.71. The van der Waals surface area contributed by atoms with Crippen molar-refractivity contribution >= 4 is 50.9 Å². The van der Waals surface area contributed by atoms with Crippen molar-refractivity contribution in [3.63, 3.8) is 0 Å². The molecule has 10 heteroatoms. The molecule has 4 heterocycles. The molecular formula is C26H29ClN8O. The van der Waals surface area contributed by atoms with Gasteiger partial charge in [-0.25, -0.2) is 15.0 Å². The van der Waals surface area contributed by atoms with Gasteiger partial charge in [-0.3, -0.25) is 9.78 Å². The van der Waals surface area contributed by atoms with Crippen LogP contribution in [0.3, 0.4) is 0 Å². The van der Waals surface area contributed by atoms with Crippen LogP contribution >= 0.6 is 11.6 Å². The SMILES string of the molecule is C[C@H](Nc1ncnc2cnccc12)c1cc2cccc(Cl)c2nc1N1CCN(C(=O)CN(C)C)CC1. The molecule has 186 valence electrons. The molecule has 1 atom stereocenters. The third-order valence-electron chi connectivity index (χ3n) is 6.45. The Kier molecular flexibility index (Phi) is 6.84. The Morgan fingerprint density at radius 3 is 2.75 bits per heavy atom. The summed E-state index contributed by atoms with van der Waals surface area (Å²) in [5.41, 5.74) is 2.60. The number of aromatic nitrogens is 4. The Morgan fingerprint density at radius 1 is 1.17 bits per heavy atom. The van der Waals surface area contributed by atoms with Gasteiger partial charge in [-0.15, -0.1) is 0 Å². The molecule has 0 bridgehead atoms. The third kappa shape index (κ3) is 4.89. The summed E-state index contributed by atoms with van der Waals surface area (Å²) in [6, 6.07) is 9.78. The first-order valence-corrected chi connectivity index (χ1v) is 12.4. The number of para-hydroxylation sites is 1. The van der Waals surface area contributed by atoms with E-state index in [1.807, 2.05) is 48.2 Å². The lowest BCUT2D eigenvalue weighted by Crippen LogP contribution is -2.51. The Morgan fingerprint density at radius 2 is 1.97 bits per heavy atom. The van der Waals surface area contributed by atoms with Crippen LogP contribution in [0.2, 0.25) is 5.02 Å². The van der Waals surface area contributed by atoms with Gasteiger partial charge in [-0.05, 0) is 39.2 Å². The number of nitrogens with zero attached hydrogens (tertiary/aromatic N) is 7. The van der Waals surface area contributed by atoms with E-state index in [9.17, 15) is 4.79 Å². The summed E-state index contributed by atoms with van der Waals surface area (Å²) in [6.07, 6.45) is 5.01. The first-order valence-electron chi connectivity index (χ1n) is 12.0. The molecule has 36 heavy (non-hydrogen) atoms. The largest absolute Gasteiger partial charge is 0.363 e. The van der Waals surface area contributed by atoms with E-state index in [0.29, 0.717) is 37.7 Å². The quantitative estimate of drug-likeness (QED) is 0.426. The van der Waals surface area contributed by atoms with Crippen LogP contribution in [0.15, 0.2) is 49.1 Å². The monoisotopic (exact) mass is 504 g/mol. The average Bonchev–Trinajstić information content (AvgIpc) is 2.88. The second-order valence-electron chi connectivity index (χ2n) is 9.30. The number of likely N-dealkylation sites (N-methyl/N-ethyl adjacent to an activating group) is 1. The van der Waals surface area contributed by atoms with E-state index in [4.69, 9.17) is 16.6 Å². The first-order chi connectivity index (χ1) is 17.4. The lowest BCUT2D eigenvalue weighted by Gasteiger charge is -2.37. The van der Waals surface area contributed by atoms with Crippen molar-refractivity contribution in [2.45, 2.75) is 13.0 Å². The molecule has 0 radical (unpaired) electrons. The van der Waals surface area contributed by atoms with Crippen LogP contribution in [0, 0.1) is 0 Å². The third-order valence-corrected chi connectivity index (χ3v) is 6.75. The van der Waals surface area contributed by atoms with Crippen LogP contribution in [0.1, 0.15) is 18.5 Å². The number of piperazine rings is 1. The summed E-state index contributed by atoms with van der Waals surface area (Å²) in [5.74, 6) is 1.76. The minimum Gasteiger partial charge on any atom is -0.363 e. The maximum absolute atomic E-state index is 12.6. The summed E-state index contributed by atoms with van der Waals surface area (Å²) in [4.78, 5) is 36.7. The molecule has 3 aromatic heterocycles. The van der Waals surface area contributed by atoms with E-state index in [0.717, 1.165) is 39.0 Å². The fraction of sp³-hybridized carbons (Fsp3) is 0.346. The van der Waals surface area contributed by atoms with Gasteiger partial charge in [0.25, 0.3) is 0 Å². The van der Waals surface area contributed by atoms with E-state index >= 15 is 0 Å². The number of pyridine rings is 2. The number of rotatable bonds is 6. The van der Waals surface area contributed by atoms with E-state index in [2.05, 4.69) is 38.2 Å². The van der Waals surface area contributed by atoms with Gasteiger partial charge in [0.15, 0.2) is 0 Å². The maximum atomic E-state index is 12.6. The molecule has 1 aliphatic rings. The van der Waals surface area contributed by atoms with Gasteiger partial charge in [0.1, 0.15) is 18.0 Å². The van der Waals surface area contributed by atoms with Crippen molar-refractivity contribution in [3.05, 3.63) is 59.6 Å². The smallest absolute Gasteiger partial charge is 0.236 e. The topological polar surface area (TPSA) is 90.4 Å². The predicted molar refractivity (Wildman–Crippen MR) is 143 cm³/mol. The molecule has 4 aromatic rings. The van der Waals surface area contributed by atoms with Crippen LogP contribution in [0.5, 0.6) is 0 Å². The molecule has 0 saturated carbocycles. The van der Waals surface area contributed by atoms with Gasteiger partial charge >= 0.3 is 0 Å². The Hall–Kier alpha value is -3.56. The Labute approximate surface area is 215 Å². The molecule has 1 saturated heterocycles. The first kappa shape index (κ1) is 24.1. The van der Waals surface area contributed by atoms with Gasteiger partial charge in [-0.1, -0.05) is 23.7 Å². The molecule has 5 rings (SSSR count). The molecule has 1 N–H and O–H groups in total. The Bertz CT molecular complexity index is 1400. The van der Waals surface area contributed by atoms with Gasteiger partial charge in [-0.2, -0.15) is 0 Å². The highest BCUT2D eigenvalue weighted by Gasteiger charge is 2.26. The molecule has 0 aliphatic carbocycles. The van der Waals surface area contributed by atoms with Crippen LogP contribution in [0.4, 0.5) is 11.6 Å². The van der Waals surface area contributed by atoms with E-state index in [1.165, 1.54) is 0 Å². The maximum Gasteiger partial charge on any atom is 0.236 e. The lowest BCUT2D eigenvalue weighted by atomic mass is 10.0. The van der Waals surface area contributed by atoms with Gasteiger partial charge < -0.3 is 20.0 Å². The zero-order chi connectivity index (χ0) is 25.2. The van der Waals surface area contributed by atoms with Crippen molar-refractivity contribution in [2.24, 2.45) is 0 Å². The number of hydrogen-bond donors (Lipinski definition) is 1. The molecule has 0 spiro atoms. The number of fused-ring (bicyclic) bond motifs is 2. The second kappa shape index (κ2) is 10.2. The van der Waals surface area contributed by atoms with Crippen molar-refractivity contribution in [1.29, 1.82) is 0 Å². The number of benzene rings is 1. The number of amides is 1. The number of hydrogen-bond acceptors (Lipinski definition) is 8. The normalized spacial score (nSPS) is 15.0. The van der Waals surface area contributed by atoms with Gasteiger partial charge in [0.2, 0.25) is 5.91 Å². The van der Waals surface area contributed by atoms with Crippen LogP contribution in [-0.2, 0) is 4.79 Å². The molecular weight excluding hydrogens is 476 g/mol. The fourth-order valence-corrected chi connectivity index (χ4v) is 4.81. The number of carbonyl (C=O) groups excluding carboxylic acids is 1. The highest BCUT2D eigenvalue weighted by atomic mass is 35.5. The number of carbonyl (C=O) groups is 1. The van der Waals surface area contributed by atoms with Crippen LogP contribution < -0.4 is 10.2 Å². The summed E-state index contributed by atoms with van der Waals surface area (Å²) in [7, 11) is 3.82. The fourth-order valence-electron chi connectivity index (χ4n) is 4.58. The average molecular weight is 505 g/mol. The molecule has 1 aliphatic heterocycles.